The van der Waals surface area contributed by atoms with E-state index < -0.39 is 0 Å². The maximum Gasteiger partial charge on any atom is -1.00 e. The van der Waals surface area contributed by atoms with Gasteiger partial charge in [0.05, 0.1) is 0 Å². The summed E-state index contributed by atoms with van der Waals surface area (Å²) in [6, 6.07) is 18.7. The first kappa shape index (κ1) is 25.6. The van der Waals surface area contributed by atoms with Crippen molar-refractivity contribution in [1.82, 2.24) is 0 Å². The number of hydrogen-bond acceptors (Lipinski definition) is 0. The Bertz CT molecular complexity index is 857. The van der Waals surface area contributed by atoms with E-state index in [2.05, 4.69) is 88.5 Å². The van der Waals surface area contributed by atoms with E-state index in [9.17, 15) is 0 Å². The molecule has 28 heavy (non-hydrogen) atoms. The van der Waals surface area contributed by atoms with E-state index in [0.717, 1.165) is 6.42 Å². The number of halogens is 2. The van der Waals surface area contributed by atoms with Crippen LogP contribution in [0.4, 0.5) is 0 Å². The fraction of sp³-hybridized carbons (Fsp3) is 0.333. The molecule has 146 valence electrons. The summed E-state index contributed by atoms with van der Waals surface area (Å²) in [6.07, 6.45) is 5.89. The fourth-order valence-corrected chi connectivity index (χ4v) is 3.73. The molecule has 2 aromatic rings. The second-order valence-electron chi connectivity index (χ2n) is 8.35. The van der Waals surface area contributed by atoms with Gasteiger partial charge >= 0.3 is 41.9 Å². The molecule has 0 spiro atoms. The summed E-state index contributed by atoms with van der Waals surface area (Å²) >= 11 is 1.74. The molecule has 0 aromatic heterocycles. The smallest absolute Gasteiger partial charge is 1.00 e. The molecule has 0 radical (unpaired) electrons. The SMILES string of the molecule is CC(C)(C)C1=CCC(C2c3[c-]cccc3-c3ccccc32)=C1.C[Si](C)=[Zr+2].[Cl-].[Cl-]. The van der Waals surface area contributed by atoms with Crippen molar-refractivity contribution >= 4 is 5.43 Å². The maximum atomic E-state index is 3.51. The third kappa shape index (κ3) is 5.60. The van der Waals surface area contributed by atoms with Gasteiger partial charge in [-0.15, -0.1) is 11.1 Å². The Morgan fingerprint density at radius 2 is 1.61 bits per heavy atom. The van der Waals surface area contributed by atoms with Crippen LogP contribution in [0, 0.1) is 11.5 Å². The van der Waals surface area contributed by atoms with Crippen LogP contribution in [0.3, 0.4) is 0 Å². The van der Waals surface area contributed by atoms with Crippen LogP contribution in [-0.2, 0) is 23.3 Å². The first-order valence-corrected chi connectivity index (χ1v) is 15.5. The Kier molecular flexibility index (Phi) is 9.68. The molecule has 2 aliphatic carbocycles. The van der Waals surface area contributed by atoms with Crippen molar-refractivity contribution in [3.63, 3.8) is 0 Å². The topological polar surface area (TPSA) is 0 Å². The molecule has 1 atom stereocenters. The van der Waals surface area contributed by atoms with Crippen molar-refractivity contribution in [3.05, 3.63) is 83.0 Å². The number of fused-ring (bicyclic) bond motifs is 3. The summed E-state index contributed by atoms with van der Waals surface area (Å²) in [6.45, 7) is 11.5. The Hall–Kier alpha value is -0.400. The summed E-state index contributed by atoms with van der Waals surface area (Å²) in [5.74, 6) is 0.378. The van der Waals surface area contributed by atoms with Gasteiger partial charge in [0, 0.05) is 5.92 Å². The van der Waals surface area contributed by atoms with E-state index in [0.29, 0.717) is 5.92 Å². The van der Waals surface area contributed by atoms with Crippen molar-refractivity contribution in [1.29, 1.82) is 0 Å². The zero-order valence-corrected chi connectivity index (χ0v) is 22.2. The summed E-state index contributed by atoms with van der Waals surface area (Å²) in [4.78, 5) is 0. The van der Waals surface area contributed by atoms with Crippen molar-refractivity contribution in [2.75, 3.05) is 0 Å². The van der Waals surface area contributed by atoms with Gasteiger partial charge in [-0.25, -0.2) is 0 Å². The van der Waals surface area contributed by atoms with Crippen LogP contribution in [0.25, 0.3) is 11.1 Å². The first-order valence-electron chi connectivity index (χ1n) is 9.32. The normalized spacial score (nSPS) is 16.3. The molecule has 2 aliphatic rings. The van der Waals surface area contributed by atoms with Gasteiger partial charge in [-0.1, -0.05) is 68.3 Å². The molecule has 4 rings (SSSR count). The molecule has 0 saturated carbocycles. The average Bonchev–Trinajstić information content (AvgIpc) is 3.16. The molecule has 0 saturated heterocycles. The predicted octanol–water partition coefficient (Wildman–Crippen LogP) is 0.694. The third-order valence-electron chi connectivity index (χ3n) is 4.87. The Morgan fingerprint density at radius 1 is 1.00 bits per heavy atom. The van der Waals surface area contributed by atoms with E-state index in [-0.39, 0.29) is 35.7 Å². The monoisotopic (exact) mass is 503 g/mol. The Labute approximate surface area is 198 Å². The predicted molar refractivity (Wildman–Crippen MR) is 110 cm³/mol. The molecule has 0 fully saturated rings. The van der Waals surface area contributed by atoms with Gasteiger partial charge in [-0.3, -0.25) is 0 Å². The minimum atomic E-state index is 0. The van der Waals surface area contributed by atoms with Crippen molar-refractivity contribution < 1.29 is 48.1 Å². The molecular weight excluding hydrogens is 478 g/mol. The molecule has 2 aromatic carbocycles. The van der Waals surface area contributed by atoms with Gasteiger partial charge in [-0.2, -0.15) is 24.3 Å². The molecule has 0 nitrogen and oxygen atoms in total. The number of benzene rings is 2. The van der Waals surface area contributed by atoms with Crippen LogP contribution in [0.2, 0.25) is 13.1 Å². The number of hydrogen-bond donors (Lipinski definition) is 0. The summed E-state index contributed by atoms with van der Waals surface area (Å²) in [5.41, 5.74) is 8.93. The van der Waals surface area contributed by atoms with Gasteiger partial charge in [0.2, 0.25) is 0 Å². The van der Waals surface area contributed by atoms with Crippen LogP contribution in [-0.4, -0.2) is 5.43 Å². The van der Waals surface area contributed by atoms with Gasteiger partial charge < -0.3 is 24.8 Å². The van der Waals surface area contributed by atoms with E-state index in [1.165, 1.54) is 33.4 Å². The van der Waals surface area contributed by atoms with Crippen LogP contribution in [0.15, 0.2) is 65.8 Å². The molecule has 0 N–H and O–H groups in total. The Morgan fingerprint density at radius 3 is 2.21 bits per heavy atom. The zero-order chi connectivity index (χ0) is 18.9. The van der Waals surface area contributed by atoms with Crippen molar-refractivity contribution in [2.24, 2.45) is 5.41 Å². The van der Waals surface area contributed by atoms with Gasteiger partial charge in [0.1, 0.15) is 0 Å². The number of allylic oxidation sites excluding steroid dienone is 4. The van der Waals surface area contributed by atoms with Crippen LogP contribution in [0.5, 0.6) is 0 Å². The van der Waals surface area contributed by atoms with E-state index in [1.807, 2.05) is 6.07 Å². The Balaban J connectivity index is 0.000000601. The average molecular weight is 506 g/mol. The molecule has 0 heterocycles. The summed E-state index contributed by atoms with van der Waals surface area (Å²) in [7, 11) is 0. The van der Waals surface area contributed by atoms with Crippen molar-refractivity contribution in [2.45, 2.75) is 46.2 Å². The minimum Gasteiger partial charge on any atom is -1.00 e. The zero-order valence-electron chi connectivity index (χ0n) is 17.2. The van der Waals surface area contributed by atoms with E-state index in [4.69, 9.17) is 0 Å². The second kappa shape index (κ2) is 10.6. The van der Waals surface area contributed by atoms with E-state index in [1.54, 1.807) is 23.3 Å². The fourth-order valence-electron chi connectivity index (χ4n) is 3.73. The summed E-state index contributed by atoms with van der Waals surface area (Å²) in [5, 5.41) is 0. The second-order valence-corrected chi connectivity index (χ2v) is 17.7. The largest absolute Gasteiger partial charge is 1.00 e. The quantitative estimate of drug-likeness (QED) is 0.396. The molecule has 0 bridgehead atoms. The maximum absolute atomic E-state index is 3.51. The van der Waals surface area contributed by atoms with Gasteiger partial charge in [-0.05, 0) is 23.0 Å². The minimum absolute atomic E-state index is 0. The molecule has 4 heteroatoms. The first-order chi connectivity index (χ1) is 12.3. The summed E-state index contributed by atoms with van der Waals surface area (Å²) < 4.78 is 0. The molecular formula is C24H27Cl2SiZr-. The molecule has 1 unspecified atom stereocenters. The van der Waals surface area contributed by atoms with Crippen LogP contribution in [0.1, 0.15) is 44.2 Å². The number of rotatable bonds is 1. The third-order valence-corrected chi connectivity index (χ3v) is 4.87. The molecule has 0 amide bonds. The van der Waals surface area contributed by atoms with Gasteiger partial charge in [0.25, 0.3) is 0 Å². The van der Waals surface area contributed by atoms with Gasteiger partial charge in [0.15, 0.2) is 0 Å². The van der Waals surface area contributed by atoms with Crippen LogP contribution < -0.4 is 24.8 Å². The van der Waals surface area contributed by atoms with E-state index >= 15 is 0 Å². The molecule has 0 aliphatic heterocycles. The van der Waals surface area contributed by atoms with Crippen LogP contribution >= 0.6 is 0 Å². The standard InChI is InChI=1S/C22H21.C2H6Si.2ClH.Zr/c1-22(2,3)16-13-12-15(14-16)21-19-10-6-4-8-17(19)18-9-5-7-11-20(18)21;1-3-2;;;/h4-10,13-14,21H,12H2,1-3H3;1-2H3;2*1H;/q-1;;;;+2/p-2. The van der Waals surface area contributed by atoms with Crippen molar-refractivity contribution in [3.8, 4) is 11.1 Å².